The Morgan fingerprint density at radius 3 is 2.54 bits per heavy atom. The van der Waals surface area contributed by atoms with Crippen LogP contribution in [0.3, 0.4) is 0 Å². The quantitative estimate of drug-likeness (QED) is 0.698. The smallest absolute Gasteiger partial charge is 0.220 e. The molecule has 1 aromatic carbocycles. The van der Waals surface area contributed by atoms with Gasteiger partial charge in [-0.1, -0.05) is 30.3 Å². The maximum absolute atomic E-state index is 5.27. The van der Waals surface area contributed by atoms with Crippen LogP contribution in [0.15, 0.2) is 34.7 Å². The lowest BCUT2D eigenvalue weighted by Crippen LogP contribution is -1.87. The number of nitrogens with zero attached hydrogens (tertiary/aromatic N) is 2. The highest BCUT2D eigenvalue weighted by Gasteiger charge is 2.02. The van der Waals surface area contributed by atoms with Crippen LogP contribution in [0.25, 0.3) is 0 Å². The van der Waals surface area contributed by atoms with Crippen LogP contribution < -0.4 is 0 Å². The second-order valence-electron chi connectivity index (χ2n) is 2.88. The SMILES string of the molecule is Cc1nnc(Cc2ccccc2)o1. The number of aryl methyl sites for hydroxylation is 1. The molecular weight excluding hydrogens is 164 g/mol. The van der Waals surface area contributed by atoms with Gasteiger partial charge in [-0.15, -0.1) is 10.2 Å². The predicted molar refractivity (Wildman–Crippen MR) is 48.3 cm³/mol. The highest BCUT2D eigenvalue weighted by molar-refractivity contribution is 5.17. The Morgan fingerprint density at radius 2 is 1.92 bits per heavy atom. The van der Waals surface area contributed by atoms with Crippen LogP contribution in [0.2, 0.25) is 0 Å². The van der Waals surface area contributed by atoms with Gasteiger partial charge in [0.1, 0.15) is 0 Å². The average Bonchev–Trinajstić information content (AvgIpc) is 2.53. The lowest BCUT2D eigenvalue weighted by Gasteiger charge is -1.94. The lowest BCUT2D eigenvalue weighted by atomic mass is 10.2. The molecule has 0 unspecified atom stereocenters. The first-order chi connectivity index (χ1) is 6.34. The molecule has 0 atom stereocenters. The second kappa shape index (κ2) is 3.39. The highest BCUT2D eigenvalue weighted by Crippen LogP contribution is 2.07. The van der Waals surface area contributed by atoms with Gasteiger partial charge in [-0.05, 0) is 5.56 Å². The highest BCUT2D eigenvalue weighted by atomic mass is 16.4. The van der Waals surface area contributed by atoms with E-state index in [2.05, 4.69) is 10.2 Å². The van der Waals surface area contributed by atoms with Gasteiger partial charge in [-0.2, -0.15) is 0 Å². The Bertz CT molecular complexity index is 381. The van der Waals surface area contributed by atoms with Crippen molar-refractivity contribution in [1.29, 1.82) is 0 Å². The lowest BCUT2D eigenvalue weighted by molar-refractivity contribution is 0.477. The molecule has 0 aliphatic carbocycles. The van der Waals surface area contributed by atoms with E-state index in [4.69, 9.17) is 4.42 Å². The zero-order valence-electron chi connectivity index (χ0n) is 7.40. The zero-order valence-corrected chi connectivity index (χ0v) is 7.40. The first kappa shape index (κ1) is 7.98. The van der Waals surface area contributed by atoms with Crippen LogP contribution in [0.1, 0.15) is 17.3 Å². The maximum atomic E-state index is 5.27. The van der Waals surface area contributed by atoms with Crippen LogP contribution in [0.5, 0.6) is 0 Å². The predicted octanol–water partition coefficient (Wildman–Crippen LogP) is 1.97. The molecule has 13 heavy (non-hydrogen) atoms. The largest absolute Gasteiger partial charge is 0.425 e. The van der Waals surface area contributed by atoms with E-state index >= 15 is 0 Å². The Kier molecular flexibility index (Phi) is 2.08. The fourth-order valence-electron chi connectivity index (χ4n) is 1.18. The third kappa shape index (κ3) is 1.93. The molecule has 0 saturated carbocycles. The Labute approximate surface area is 76.4 Å². The van der Waals surface area contributed by atoms with Crippen molar-refractivity contribution in [2.75, 3.05) is 0 Å². The number of hydrogen-bond donors (Lipinski definition) is 0. The van der Waals surface area contributed by atoms with Crippen molar-refractivity contribution < 1.29 is 4.42 Å². The van der Waals surface area contributed by atoms with E-state index in [9.17, 15) is 0 Å². The van der Waals surface area contributed by atoms with Gasteiger partial charge < -0.3 is 4.42 Å². The van der Waals surface area contributed by atoms with Crippen LogP contribution in [0, 0.1) is 6.92 Å². The molecule has 0 radical (unpaired) electrons. The maximum Gasteiger partial charge on any atom is 0.220 e. The summed E-state index contributed by atoms with van der Waals surface area (Å²) in [6.45, 7) is 1.79. The summed E-state index contributed by atoms with van der Waals surface area (Å²) >= 11 is 0. The molecule has 0 saturated heterocycles. The van der Waals surface area contributed by atoms with Crippen LogP contribution in [-0.4, -0.2) is 10.2 Å². The Hall–Kier alpha value is -1.64. The van der Waals surface area contributed by atoms with Crippen molar-refractivity contribution in [3.05, 3.63) is 47.7 Å². The summed E-state index contributed by atoms with van der Waals surface area (Å²) in [4.78, 5) is 0. The fraction of sp³-hybridized carbons (Fsp3) is 0.200. The van der Waals surface area contributed by atoms with Crippen molar-refractivity contribution >= 4 is 0 Å². The van der Waals surface area contributed by atoms with Gasteiger partial charge in [-0.3, -0.25) is 0 Å². The first-order valence-corrected chi connectivity index (χ1v) is 4.17. The first-order valence-electron chi connectivity index (χ1n) is 4.17. The molecular formula is C10H10N2O. The molecule has 0 amide bonds. The zero-order chi connectivity index (χ0) is 9.10. The van der Waals surface area contributed by atoms with Crippen molar-refractivity contribution in [2.24, 2.45) is 0 Å². The topological polar surface area (TPSA) is 38.9 Å². The third-order valence-corrected chi connectivity index (χ3v) is 1.77. The Balaban J connectivity index is 2.15. The standard InChI is InChI=1S/C10H10N2O/c1-8-11-12-10(13-8)7-9-5-3-2-4-6-9/h2-6H,7H2,1H3. The molecule has 1 aromatic heterocycles. The molecule has 0 spiro atoms. The summed E-state index contributed by atoms with van der Waals surface area (Å²) in [6, 6.07) is 10.1. The van der Waals surface area contributed by atoms with Crippen molar-refractivity contribution in [3.8, 4) is 0 Å². The van der Waals surface area contributed by atoms with Crippen LogP contribution in [0.4, 0.5) is 0 Å². The van der Waals surface area contributed by atoms with E-state index in [1.165, 1.54) is 5.56 Å². The molecule has 0 bridgehead atoms. The fourth-order valence-corrected chi connectivity index (χ4v) is 1.18. The summed E-state index contributed by atoms with van der Waals surface area (Å²) in [5.41, 5.74) is 1.19. The molecule has 1 heterocycles. The van der Waals surface area contributed by atoms with Gasteiger partial charge in [-0.25, -0.2) is 0 Å². The number of hydrogen-bond acceptors (Lipinski definition) is 3. The van der Waals surface area contributed by atoms with Crippen molar-refractivity contribution in [2.45, 2.75) is 13.3 Å². The third-order valence-electron chi connectivity index (χ3n) is 1.77. The molecule has 0 fully saturated rings. The van der Waals surface area contributed by atoms with E-state index in [0.29, 0.717) is 18.2 Å². The molecule has 3 nitrogen and oxygen atoms in total. The van der Waals surface area contributed by atoms with E-state index in [1.54, 1.807) is 6.92 Å². The van der Waals surface area contributed by atoms with Crippen LogP contribution in [-0.2, 0) is 6.42 Å². The molecule has 0 N–H and O–H groups in total. The van der Waals surface area contributed by atoms with Gasteiger partial charge in [0, 0.05) is 6.92 Å². The number of benzene rings is 1. The normalized spacial score (nSPS) is 10.2. The van der Waals surface area contributed by atoms with Crippen molar-refractivity contribution in [3.63, 3.8) is 0 Å². The summed E-state index contributed by atoms with van der Waals surface area (Å²) in [5, 5.41) is 7.69. The monoisotopic (exact) mass is 174 g/mol. The minimum atomic E-state index is 0.617. The molecule has 2 aromatic rings. The summed E-state index contributed by atoms with van der Waals surface area (Å²) in [6.07, 6.45) is 0.710. The van der Waals surface area contributed by atoms with Gasteiger partial charge in [0.2, 0.25) is 11.8 Å². The summed E-state index contributed by atoms with van der Waals surface area (Å²) in [5.74, 6) is 1.29. The molecule has 66 valence electrons. The number of rotatable bonds is 2. The molecule has 3 heteroatoms. The summed E-state index contributed by atoms with van der Waals surface area (Å²) in [7, 11) is 0. The van der Waals surface area contributed by atoms with Gasteiger partial charge >= 0.3 is 0 Å². The van der Waals surface area contributed by atoms with Crippen molar-refractivity contribution in [1.82, 2.24) is 10.2 Å². The minimum Gasteiger partial charge on any atom is -0.425 e. The van der Waals surface area contributed by atoms with Gasteiger partial charge in [0.05, 0.1) is 6.42 Å². The second-order valence-corrected chi connectivity index (χ2v) is 2.88. The van der Waals surface area contributed by atoms with Crippen LogP contribution >= 0.6 is 0 Å². The minimum absolute atomic E-state index is 0.617. The molecule has 2 rings (SSSR count). The van der Waals surface area contributed by atoms with E-state index in [1.807, 2.05) is 30.3 Å². The number of aromatic nitrogens is 2. The van der Waals surface area contributed by atoms with Gasteiger partial charge in [0.15, 0.2) is 0 Å². The Morgan fingerprint density at radius 1 is 1.15 bits per heavy atom. The van der Waals surface area contributed by atoms with E-state index in [-0.39, 0.29) is 0 Å². The molecule has 0 aliphatic heterocycles. The van der Waals surface area contributed by atoms with Gasteiger partial charge in [0.25, 0.3) is 0 Å². The summed E-state index contributed by atoms with van der Waals surface area (Å²) < 4.78 is 5.27. The van der Waals surface area contributed by atoms with E-state index in [0.717, 1.165) is 0 Å². The van der Waals surface area contributed by atoms with E-state index < -0.39 is 0 Å². The average molecular weight is 174 g/mol. The molecule has 0 aliphatic rings.